The highest BCUT2D eigenvalue weighted by Gasteiger charge is 2.24. The third-order valence-corrected chi connectivity index (χ3v) is 3.02. The van der Waals surface area contributed by atoms with E-state index in [2.05, 4.69) is 15.3 Å². The predicted molar refractivity (Wildman–Crippen MR) is 69.6 cm³/mol. The molecule has 1 aromatic carbocycles. The van der Waals surface area contributed by atoms with Gasteiger partial charge < -0.3 is 10.1 Å². The van der Waals surface area contributed by atoms with Crippen LogP contribution >= 0.6 is 0 Å². The van der Waals surface area contributed by atoms with Crippen LogP contribution in [0.1, 0.15) is 22.0 Å². The summed E-state index contributed by atoms with van der Waals surface area (Å²) in [5.41, 5.74) is 2.76. The van der Waals surface area contributed by atoms with Gasteiger partial charge in [0, 0.05) is 18.0 Å². The molecule has 0 spiro atoms. The van der Waals surface area contributed by atoms with Gasteiger partial charge in [-0.1, -0.05) is 18.2 Å². The van der Waals surface area contributed by atoms with Crippen LogP contribution in [-0.2, 0) is 0 Å². The highest BCUT2D eigenvalue weighted by atomic mass is 16.5. The van der Waals surface area contributed by atoms with Gasteiger partial charge in [-0.05, 0) is 6.07 Å². The Bertz CT molecular complexity index is 630. The Labute approximate surface area is 114 Å². The second kappa shape index (κ2) is 5.14. The Kier molecular flexibility index (Phi) is 3.18. The first-order chi connectivity index (χ1) is 9.78. The van der Waals surface area contributed by atoms with Gasteiger partial charge in [0.05, 0.1) is 11.6 Å². The van der Waals surface area contributed by atoms with Gasteiger partial charge in [-0.2, -0.15) is 0 Å². The molecule has 1 amide bonds. The second-order valence-corrected chi connectivity index (χ2v) is 4.28. The lowest BCUT2D eigenvalue weighted by molar-refractivity contribution is 0.0705. The Balaban J connectivity index is 1.75. The zero-order valence-corrected chi connectivity index (χ0v) is 10.4. The van der Waals surface area contributed by atoms with Gasteiger partial charge in [0.2, 0.25) is 5.95 Å². The number of aromatic nitrogens is 2. The molecule has 7 heteroatoms. The molecule has 1 aliphatic heterocycles. The minimum absolute atomic E-state index is 0.0243. The van der Waals surface area contributed by atoms with Crippen molar-refractivity contribution in [3.63, 3.8) is 0 Å². The van der Waals surface area contributed by atoms with Crippen LogP contribution < -0.4 is 15.5 Å². The van der Waals surface area contributed by atoms with Crippen molar-refractivity contribution in [1.82, 2.24) is 15.4 Å². The maximum Gasteiger partial charge on any atom is 0.277 e. The minimum atomic E-state index is -0.647. The molecule has 7 nitrogen and oxygen atoms in total. The number of rotatable bonds is 3. The first kappa shape index (κ1) is 12.4. The largest absolute Gasteiger partial charge is 0.491 e. The van der Waals surface area contributed by atoms with Gasteiger partial charge in [-0.15, -0.1) is 0 Å². The van der Waals surface area contributed by atoms with Crippen LogP contribution in [0, 0.1) is 0 Å². The zero-order chi connectivity index (χ0) is 13.9. The molecule has 2 aromatic rings. The molecular formula is C13H12N4O3. The van der Waals surface area contributed by atoms with Crippen molar-refractivity contribution in [2.45, 2.75) is 6.04 Å². The quantitative estimate of drug-likeness (QED) is 0.572. The van der Waals surface area contributed by atoms with Crippen LogP contribution in [0.4, 0.5) is 5.95 Å². The lowest BCUT2D eigenvalue weighted by atomic mass is 10.1. The number of carbonyl (C=O) groups is 1. The first-order valence-electron chi connectivity index (χ1n) is 6.02. The highest BCUT2D eigenvalue weighted by Crippen LogP contribution is 2.33. The lowest BCUT2D eigenvalue weighted by Gasteiger charge is -2.11. The summed E-state index contributed by atoms with van der Waals surface area (Å²) in [5.74, 6) is 0.595. The maximum atomic E-state index is 11.2. The number of hydrogen-bond acceptors (Lipinski definition) is 6. The molecule has 1 unspecified atom stereocenters. The fraction of sp³-hybridized carbons (Fsp3) is 0.154. The van der Waals surface area contributed by atoms with Crippen LogP contribution in [0.3, 0.4) is 0 Å². The van der Waals surface area contributed by atoms with Gasteiger partial charge in [-0.3, -0.25) is 10.0 Å². The van der Waals surface area contributed by atoms with E-state index in [1.54, 1.807) is 0 Å². The zero-order valence-electron chi connectivity index (χ0n) is 10.4. The Morgan fingerprint density at radius 1 is 1.30 bits per heavy atom. The normalized spacial score (nSPS) is 16.1. The van der Waals surface area contributed by atoms with Gasteiger partial charge in [-0.25, -0.2) is 15.4 Å². The number of hydrogen-bond donors (Lipinski definition) is 3. The summed E-state index contributed by atoms with van der Waals surface area (Å²) in [5, 5.41) is 11.6. The molecule has 2 heterocycles. The van der Waals surface area contributed by atoms with Gasteiger partial charge >= 0.3 is 0 Å². The molecule has 102 valence electrons. The number of nitrogens with zero attached hydrogens (tertiary/aromatic N) is 2. The molecule has 0 radical (unpaired) electrons. The second-order valence-electron chi connectivity index (χ2n) is 4.28. The molecule has 1 aliphatic rings. The molecule has 0 aliphatic carbocycles. The topological polar surface area (TPSA) is 96.4 Å². The maximum absolute atomic E-state index is 11.2. The van der Waals surface area contributed by atoms with E-state index in [1.807, 2.05) is 24.3 Å². The van der Waals surface area contributed by atoms with E-state index in [-0.39, 0.29) is 11.6 Å². The number of carbonyl (C=O) groups excluding carboxylic acids is 1. The van der Waals surface area contributed by atoms with Crippen LogP contribution in [-0.4, -0.2) is 27.7 Å². The van der Waals surface area contributed by atoms with Gasteiger partial charge in [0.15, 0.2) is 0 Å². The molecule has 0 saturated carbocycles. The summed E-state index contributed by atoms with van der Waals surface area (Å²) in [4.78, 5) is 19.2. The number of benzene rings is 1. The van der Waals surface area contributed by atoms with Gasteiger partial charge in [0.25, 0.3) is 5.91 Å². The molecule has 0 bridgehead atoms. The van der Waals surface area contributed by atoms with Crippen molar-refractivity contribution < 1.29 is 14.7 Å². The number of hydroxylamine groups is 1. The Hall–Kier alpha value is -2.67. The van der Waals surface area contributed by atoms with Crippen LogP contribution in [0.15, 0.2) is 36.7 Å². The molecular weight excluding hydrogens is 260 g/mol. The highest BCUT2D eigenvalue weighted by molar-refractivity contribution is 5.92. The molecule has 3 rings (SSSR count). The third kappa shape index (κ3) is 2.26. The molecule has 0 fully saturated rings. The summed E-state index contributed by atoms with van der Waals surface area (Å²) in [6.45, 7) is 0.502. The molecule has 0 saturated heterocycles. The van der Waals surface area contributed by atoms with E-state index < -0.39 is 5.91 Å². The number of anilines is 1. The van der Waals surface area contributed by atoms with E-state index in [4.69, 9.17) is 9.94 Å². The molecule has 1 aromatic heterocycles. The van der Waals surface area contributed by atoms with E-state index in [0.717, 1.165) is 11.3 Å². The van der Waals surface area contributed by atoms with Crippen molar-refractivity contribution >= 4 is 11.9 Å². The Morgan fingerprint density at radius 3 is 2.80 bits per heavy atom. The van der Waals surface area contributed by atoms with E-state index in [9.17, 15) is 4.79 Å². The van der Waals surface area contributed by atoms with Crippen molar-refractivity contribution in [3.05, 3.63) is 47.8 Å². The van der Waals surface area contributed by atoms with Crippen LogP contribution in [0.2, 0.25) is 0 Å². The summed E-state index contributed by atoms with van der Waals surface area (Å²) < 4.78 is 5.55. The number of nitrogens with one attached hydrogen (secondary N) is 2. The van der Waals surface area contributed by atoms with E-state index in [1.165, 1.54) is 17.9 Å². The lowest BCUT2D eigenvalue weighted by Crippen LogP contribution is -2.20. The average molecular weight is 272 g/mol. The monoisotopic (exact) mass is 272 g/mol. The average Bonchev–Trinajstić information content (AvgIpc) is 2.91. The molecule has 20 heavy (non-hydrogen) atoms. The van der Waals surface area contributed by atoms with Crippen molar-refractivity contribution in [3.8, 4) is 5.75 Å². The van der Waals surface area contributed by atoms with E-state index in [0.29, 0.717) is 12.6 Å². The smallest absolute Gasteiger partial charge is 0.277 e. The van der Waals surface area contributed by atoms with Crippen molar-refractivity contribution in [2.75, 3.05) is 11.9 Å². The summed E-state index contributed by atoms with van der Waals surface area (Å²) in [6, 6.07) is 7.72. The standard InChI is InChI=1S/C13H12N4O3/c18-12(17-19)8-5-14-13(15-6-8)16-10-7-20-11-4-2-1-3-9(10)11/h1-6,10,19H,7H2,(H,17,18)(H,14,15,16). The summed E-state index contributed by atoms with van der Waals surface area (Å²) in [6.07, 6.45) is 2.67. The number of fused-ring (bicyclic) bond motifs is 1. The molecule has 3 N–H and O–H groups in total. The molecule has 1 atom stereocenters. The number of ether oxygens (including phenoxy) is 1. The first-order valence-corrected chi connectivity index (χ1v) is 6.02. The number of amides is 1. The fourth-order valence-corrected chi connectivity index (χ4v) is 2.02. The summed E-state index contributed by atoms with van der Waals surface area (Å²) in [7, 11) is 0. The van der Waals surface area contributed by atoms with Crippen molar-refractivity contribution in [2.24, 2.45) is 0 Å². The fourth-order valence-electron chi connectivity index (χ4n) is 2.02. The summed E-state index contributed by atoms with van der Waals surface area (Å²) >= 11 is 0. The van der Waals surface area contributed by atoms with Crippen LogP contribution in [0.5, 0.6) is 5.75 Å². The van der Waals surface area contributed by atoms with Gasteiger partial charge in [0.1, 0.15) is 12.4 Å². The Morgan fingerprint density at radius 2 is 2.05 bits per heavy atom. The van der Waals surface area contributed by atoms with E-state index >= 15 is 0 Å². The number of para-hydroxylation sites is 1. The SMILES string of the molecule is O=C(NO)c1cnc(NC2COc3ccccc32)nc1. The minimum Gasteiger partial charge on any atom is -0.491 e. The van der Waals surface area contributed by atoms with Crippen LogP contribution in [0.25, 0.3) is 0 Å². The predicted octanol–water partition coefficient (Wildman–Crippen LogP) is 1.14. The third-order valence-electron chi connectivity index (χ3n) is 3.02. The van der Waals surface area contributed by atoms with Crippen molar-refractivity contribution in [1.29, 1.82) is 0 Å².